The van der Waals surface area contributed by atoms with E-state index in [1.165, 1.54) is 16.1 Å². The van der Waals surface area contributed by atoms with Gasteiger partial charge < -0.3 is 10.2 Å². The molecule has 0 aliphatic rings. The SMILES string of the molecule is CCNC(C)c1ccccc1N(C)Cc1ccc(Cl)s1. The molecule has 1 unspecified atom stereocenters. The van der Waals surface area contributed by atoms with Crippen LogP contribution in [0.5, 0.6) is 0 Å². The molecule has 0 aliphatic carbocycles. The van der Waals surface area contributed by atoms with Crippen molar-refractivity contribution >= 4 is 28.6 Å². The predicted octanol–water partition coefficient (Wildman–Crippen LogP) is 4.71. The molecule has 0 spiro atoms. The van der Waals surface area contributed by atoms with Gasteiger partial charge in [0.2, 0.25) is 0 Å². The van der Waals surface area contributed by atoms with E-state index in [4.69, 9.17) is 11.6 Å². The van der Waals surface area contributed by atoms with Gasteiger partial charge in [-0.15, -0.1) is 11.3 Å². The van der Waals surface area contributed by atoms with E-state index in [0.29, 0.717) is 6.04 Å². The summed E-state index contributed by atoms with van der Waals surface area (Å²) in [6.45, 7) is 6.20. The summed E-state index contributed by atoms with van der Waals surface area (Å²) < 4.78 is 0.850. The van der Waals surface area contributed by atoms with E-state index in [1.807, 2.05) is 6.07 Å². The number of hydrogen-bond donors (Lipinski definition) is 1. The monoisotopic (exact) mass is 308 g/mol. The van der Waals surface area contributed by atoms with Crippen LogP contribution in [0.4, 0.5) is 5.69 Å². The Bertz CT molecular complexity index is 553. The van der Waals surface area contributed by atoms with E-state index in [9.17, 15) is 0 Å². The number of benzene rings is 1. The third-order valence-electron chi connectivity index (χ3n) is 3.35. The smallest absolute Gasteiger partial charge is 0.0931 e. The molecule has 0 saturated heterocycles. The summed E-state index contributed by atoms with van der Waals surface area (Å²) >= 11 is 7.65. The zero-order valence-electron chi connectivity index (χ0n) is 12.2. The molecule has 2 rings (SSSR count). The molecule has 0 amide bonds. The maximum Gasteiger partial charge on any atom is 0.0931 e. The van der Waals surface area contributed by atoms with Gasteiger partial charge >= 0.3 is 0 Å². The van der Waals surface area contributed by atoms with Crippen molar-refractivity contribution in [1.82, 2.24) is 5.32 Å². The standard InChI is InChI=1S/C16H21ClN2S/c1-4-18-12(2)14-7-5-6-8-15(14)19(3)11-13-9-10-16(17)20-13/h5-10,12,18H,4,11H2,1-3H3. The summed E-state index contributed by atoms with van der Waals surface area (Å²) in [6.07, 6.45) is 0. The molecule has 108 valence electrons. The topological polar surface area (TPSA) is 15.3 Å². The summed E-state index contributed by atoms with van der Waals surface area (Å²) in [6, 6.07) is 13.0. The second-order valence-electron chi connectivity index (χ2n) is 4.90. The van der Waals surface area contributed by atoms with E-state index in [1.54, 1.807) is 11.3 Å². The summed E-state index contributed by atoms with van der Waals surface area (Å²) in [5, 5.41) is 3.48. The zero-order chi connectivity index (χ0) is 14.5. The fourth-order valence-corrected chi connectivity index (χ4v) is 3.51. The van der Waals surface area contributed by atoms with Crippen molar-refractivity contribution in [2.24, 2.45) is 0 Å². The predicted molar refractivity (Wildman–Crippen MR) is 90.0 cm³/mol. The van der Waals surface area contributed by atoms with E-state index in [0.717, 1.165) is 17.4 Å². The molecule has 1 aromatic carbocycles. The van der Waals surface area contributed by atoms with Gasteiger partial charge in [-0.1, -0.05) is 36.7 Å². The normalized spacial score (nSPS) is 12.4. The number of rotatable bonds is 6. The molecule has 0 radical (unpaired) electrons. The molecule has 0 aliphatic heterocycles. The molecular formula is C16H21ClN2S. The van der Waals surface area contributed by atoms with Gasteiger partial charge in [0.25, 0.3) is 0 Å². The highest BCUT2D eigenvalue weighted by Gasteiger charge is 2.13. The molecule has 0 saturated carbocycles. The molecule has 0 bridgehead atoms. The lowest BCUT2D eigenvalue weighted by Crippen LogP contribution is -2.23. The Balaban J connectivity index is 2.18. The summed E-state index contributed by atoms with van der Waals surface area (Å²) in [7, 11) is 2.13. The lowest BCUT2D eigenvalue weighted by Gasteiger charge is -2.25. The molecule has 1 aromatic heterocycles. The Hall–Kier alpha value is -1.03. The highest BCUT2D eigenvalue weighted by molar-refractivity contribution is 7.16. The zero-order valence-corrected chi connectivity index (χ0v) is 13.8. The Labute approximate surface area is 130 Å². The lowest BCUT2D eigenvalue weighted by atomic mass is 10.1. The van der Waals surface area contributed by atoms with Gasteiger partial charge in [0.05, 0.1) is 10.9 Å². The van der Waals surface area contributed by atoms with Crippen LogP contribution in [0.3, 0.4) is 0 Å². The number of nitrogens with zero attached hydrogens (tertiary/aromatic N) is 1. The molecule has 2 aromatic rings. The average molecular weight is 309 g/mol. The first-order valence-electron chi connectivity index (χ1n) is 6.89. The van der Waals surface area contributed by atoms with Crippen molar-refractivity contribution in [3.63, 3.8) is 0 Å². The van der Waals surface area contributed by atoms with Crippen LogP contribution in [0, 0.1) is 0 Å². The summed E-state index contributed by atoms with van der Waals surface area (Å²) in [5.74, 6) is 0. The van der Waals surface area contributed by atoms with Crippen molar-refractivity contribution < 1.29 is 0 Å². The molecule has 2 nitrogen and oxygen atoms in total. The molecule has 0 fully saturated rings. The third kappa shape index (κ3) is 3.75. The molecule has 20 heavy (non-hydrogen) atoms. The van der Waals surface area contributed by atoms with Crippen molar-refractivity contribution in [3.8, 4) is 0 Å². The van der Waals surface area contributed by atoms with Gasteiger partial charge in [0.1, 0.15) is 0 Å². The first-order valence-corrected chi connectivity index (χ1v) is 8.09. The first kappa shape index (κ1) is 15.4. The van der Waals surface area contributed by atoms with Crippen molar-refractivity contribution in [1.29, 1.82) is 0 Å². The maximum absolute atomic E-state index is 6.00. The number of hydrogen-bond acceptors (Lipinski definition) is 3. The van der Waals surface area contributed by atoms with Crippen LogP contribution >= 0.6 is 22.9 Å². The van der Waals surface area contributed by atoms with Gasteiger partial charge in [0.15, 0.2) is 0 Å². The summed E-state index contributed by atoms with van der Waals surface area (Å²) in [5.41, 5.74) is 2.60. The van der Waals surface area contributed by atoms with Gasteiger partial charge in [-0.25, -0.2) is 0 Å². The fraction of sp³-hybridized carbons (Fsp3) is 0.375. The Kier molecular flexibility index (Phi) is 5.46. The Morgan fingerprint density at radius 3 is 2.65 bits per heavy atom. The molecule has 1 N–H and O–H groups in total. The van der Waals surface area contributed by atoms with Crippen LogP contribution in [0.15, 0.2) is 36.4 Å². The minimum atomic E-state index is 0.352. The fourth-order valence-electron chi connectivity index (χ4n) is 2.37. The Morgan fingerprint density at radius 2 is 2.00 bits per heavy atom. The lowest BCUT2D eigenvalue weighted by molar-refractivity contribution is 0.597. The van der Waals surface area contributed by atoms with E-state index in [2.05, 4.69) is 61.4 Å². The number of anilines is 1. The van der Waals surface area contributed by atoms with Gasteiger partial charge in [-0.05, 0) is 37.2 Å². The molecule has 1 heterocycles. The second kappa shape index (κ2) is 7.11. The van der Waals surface area contributed by atoms with Gasteiger partial charge in [-0.3, -0.25) is 0 Å². The minimum absolute atomic E-state index is 0.352. The van der Waals surface area contributed by atoms with Crippen molar-refractivity contribution in [3.05, 3.63) is 51.2 Å². The van der Waals surface area contributed by atoms with Crippen LogP contribution in [0.2, 0.25) is 4.34 Å². The Morgan fingerprint density at radius 1 is 1.25 bits per heavy atom. The van der Waals surface area contributed by atoms with Gasteiger partial charge in [-0.2, -0.15) is 0 Å². The molecule has 4 heteroatoms. The average Bonchev–Trinajstić information content (AvgIpc) is 2.84. The van der Waals surface area contributed by atoms with E-state index < -0.39 is 0 Å². The quantitative estimate of drug-likeness (QED) is 0.831. The number of para-hydroxylation sites is 1. The van der Waals surface area contributed by atoms with Crippen molar-refractivity contribution in [2.75, 3.05) is 18.5 Å². The van der Waals surface area contributed by atoms with Gasteiger partial charge in [0, 0.05) is 23.7 Å². The third-order valence-corrected chi connectivity index (χ3v) is 4.56. The second-order valence-corrected chi connectivity index (χ2v) is 6.70. The maximum atomic E-state index is 6.00. The molecular weight excluding hydrogens is 288 g/mol. The van der Waals surface area contributed by atoms with Crippen LogP contribution in [-0.4, -0.2) is 13.6 Å². The minimum Gasteiger partial charge on any atom is -0.369 e. The first-order chi connectivity index (χ1) is 9.61. The van der Waals surface area contributed by atoms with Crippen LogP contribution < -0.4 is 10.2 Å². The number of thiophene rings is 1. The van der Waals surface area contributed by atoms with E-state index in [-0.39, 0.29) is 0 Å². The molecule has 1 atom stereocenters. The van der Waals surface area contributed by atoms with Crippen molar-refractivity contribution in [2.45, 2.75) is 26.4 Å². The highest BCUT2D eigenvalue weighted by Crippen LogP contribution is 2.28. The largest absolute Gasteiger partial charge is 0.369 e. The van der Waals surface area contributed by atoms with E-state index >= 15 is 0 Å². The number of halogens is 1. The summed E-state index contributed by atoms with van der Waals surface area (Å²) in [4.78, 5) is 3.56. The number of nitrogens with one attached hydrogen (secondary N) is 1. The van der Waals surface area contributed by atoms with Crippen LogP contribution in [0.1, 0.15) is 30.3 Å². The highest BCUT2D eigenvalue weighted by atomic mass is 35.5. The van der Waals surface area contributed by atoms with Crippen LogP contribution in [0.25, 0.3) is 0 Å². The van der Waals surface area contributed by atoms with Crippen LogP contribution in [-0.2, 0) is 6.54 Å².